The summed E-state index contributed by atoms with van der Waals surface area (Å²) in [6.45, 7) is 0.361. The number of carbonyl (C=O) groups is 1. The highest BCUT2D eigenvalue weighted by Crippen LogP contribution is 2.01. The van der Waals surface area contributed by atoms with Crippen molar-refractivity contribution in [3.8, 4) is 0 Å². The van der Waals surface area contributed by atoms with E-state index in [9.17, 15) is 4.79 Å². The van der Waals surface area contributed by atoms with Gasteiger partial charge in [-0.15, -0.1) is 0 Å². The van der Waals surface area contributed by atoms with Crippen LogP contribution in [0.25, 0.3) is 0 Å². The molecule has 0 radical (unpaired) electrons. The molecule has 0 aliphatic rings. The number of rotatable bonds is 6. The van der Waals surface area contributed by atoms with Gasteiger partial charge in [0, 0.05) is 16.8 Å². The van der Waals surface area contributed by atoms with Gasteiger partial charge in [0.2, 0.25) is 0 Å². The summed E-state index contributed by atoms with van der Waals surface area (Å²) in [6.07, 6.45) is 2.44. The van der Waals surface area contributed by atoms with Gasteiger partial charge < -0.3 is 4.74 Å². The lowest BCUT2D eigenvalue weighted by atomic mass is 10.5. The molecule has 2 nitrogen and oxygen atoms in total. The number of esters is 1. The Hall–Kier alpha value is 0.520. The zero-order valence-electron chi connectivity index (χ0n) is 7.02. The zero-order chi connectivity index (χ0) is 9.40. The van der Waals surface area contributed by atoms with Gasteiger partial charge in [0.15, 0.2) is 0 Å². The molecule has 0 aromatic carbocycles. The third kappa shape index (κ3) is 7.18. The van der Waals surface area contributed by atoms with Crippen molar-refractivity contribution >= 4 is 43.0 Å². The molecule has 0 aliphatic heterocycles. The van der Waals surface area contributed by atoms with Crippen LogP contribution >= 0.6 is 37.0 Å². The second kappa shape index (κ2) is 8.13. The molecule has 0 heterocycles. The third-order valence-electron chi connectivity index (χ3n) is 1.16. The highest BCUT2D eigenvalue weighted by atomic mass is 32.2. The molecule has 12 heavy (non-hydrogen) atoms. The summed E-state index contributed by atoms with van der Waals surface area (Å²) in [5.41, 5.74) is 0. The van der Waals surface area contributed by atoms with Gasteiger partial charge in [0.05, 0.1) is 6.42 Å². The molecule has 5 heteroatoms. The van der Waals surface area contributed by atoms with Gasteiger partial charge in [-0.3, -0.25) is 4.79 Å². The lowest BCUT2D eigenvalue weighted by molar-refractivity contribution is -0.142. The highest BCUT2D eigenvalue weighted by molar-refractivity contribution is 7.98. The molecule has 0 aliphatic carbocycles. The number of hydrogen-bond acceptors (Lipinski definition) is 5. The van der Waals surface area contributed by atoms with Crippen molar-refractivity contribution in [2.75, 3.05) is 24.4 Å². The van der Waals surface area contributed by atoms with Crippen molar-refractivity contribution in [3.63, 3.8) is 0 Å². The highest BCUT2D eigenvalue weighted by Gasteiger charge is 2.05. The second-order valence-electron chi connectivity index (χ2n) is 2.26. The largest absolute Gasteiger partial charge is 0.464 e. The maximum absolute atomic E-state index is 10.9. The standard InChI is InChI=1S/C7H14O2S3/c1-12-3-2-7(8)9-4-6(11)5-10/h6,10-11H,2-5H2,1H3. The minimum absolute atomic E-state index is 0.0477. The van der Waals surface area contributed by atoms with E-state index in [0.29, 0.717) is 18.8 Å². The van der Waals surface area contributed by atoms with Gasteiger partial charge >= 0.3 is 5.97 Å². The summed E-state index contributed by atoms with van der Waals surface area (Å²) in [5.74, 6) is 1.29. The zero-order valence-corrected chi connectivity index (χ0v) is 9.63. The van der Waals surface area contributed by atoms with Crippen LogP contribution in [0.2, 0.25) is 0 Å². The molecule has 0 saturated heterocycles. The molecule has 0 rings (SSSR count). The topological polar surface area (TPSA) is 26.3 Å². The number of thioether (sulfide) groups is 1. The van der Waals surface area contributed by atoms with Crippen LogP contribution in [0, 0.1) is 0 Å². The first-order valence-electron chi connectivity index (χ1n) is 3.64. The Morgan fingerprint density at radius 2 is 2.33 bits per heavy atom. The molecule has 0 amide bonds. The molecule has 1 atom stereocenters. The molecule has 72 valence electrons. The Bertz CT molecular complexity index is 130. The molecule has 0 fully saturated rings. The SMILES string of the molecule is CSCCC(=O)OCC(S)CS. The van der Waals surface area contributed by atoms with Crippen molar-refractivity contribution in [1.82, 2.24) is 0 Å². The second-order valence-corrected chi connectivity index (χ2v) is 4.34. The van der Waals surface area contributed by atoms with Crippen LogP contribution in [0.15, 0.2) is 0 Å². The first-order valence-corrected chi connectivity index (χ1v) is 6.18. The lowest BCUT2D eigenvalue weighted by Crippen LogP contribution is -2.15. The van der Waals surface area contributed by atoms with Crippen LogP contribution in [-0.4, -0.2) is 35.6 Å². The van der Waals surface area contributed by atoms with Crippen molar-refractivity contribution < 1.29 is 9.53 Å². The summed E-state index contributed by atoms with van der Waals surface area (Å²) < 4.78 is 4.92. The Balaban J connectivity index is 3.31. The van der Waals surface area contributed by atoms with E-state index in [2.05, 4.69) is 25.3 Å². The fourth-order valence-corrected chi connectivity index (χ4v) is 1.05. The molecule has 0 aromatic heterocycles. The van der Waals surface area contributed by atoms with Crippen molar-refractivity contribution in [2.24, 2.45) is 0 Å². The van der Waals surface area contributed by atoms with Gasteiger partial charge in [-0.1, -0.05) is 0 Å². The lowest BCUT2D eigenvalue weighted by Gasteiger charge is -2.07. The molecule has 0 saturated carbocycles. The first-order chi connectivity index (χ1) is 5.70. The van der Waals surface area contributed by atoms with Gasteiger partial charge in [-0.05, 0) is 6.26 Å². The minimum Gasteiger partial charge on any atom is -0.464 e. The van der Waals surface area contributed by atoms with E-state index in [-0.39, 0.29) is 11.2 Å². The van der Waals surface area contributed by atoms with Crippen LogP contribution in [0.1, 0.15) is 6.42 Å². The molecular formula is C7H14O2S3. The third-order valence-corrected chi connectivity index (χ3v) is 2.83. The number of carbonyl (C=O) groups excluding carboxylic acids is 1. The average Bonchev–Trinajstić information content (AvgIpc) is 2.10. The molecule has 1 unspecified atom stereocenters. The quantitative estimate of drug-likeness (QED) is 0.531. The van der Waals surface area contributed by atoms with Crippen LogP contribution in [0.4, 0.5) is 0 Å². The summed E-state index contributed by atoms with van der Waals surface area (Å²) in [7, 11) is 0. The van der Waals surface area contributed by atoms with Gasteiger partial charge in [0.1, 0.15) is 6.61 Å². The molecule has 0 bridgehead atoms. The van der Waals surface area contributed by atoms with Crippen LogP contribution in [-0.2, 0) is 9.53 Å². The van der Waals surface area contributed by atoms with Crippen LogP contribution < -0.4 is 0 Å². The molecular weight excluding hydrogens is 212 g/mol. The van der Waals surface area contributed by atoms with E-state index in [4.69, 9.17) is 4.74 Å². The smallest absolute Gasteiger partial charge is 0.306 e. The fourth-order valence-electron chi connectivity index (χ4n) is 0.499. The summed E-state index contributed by atoms with van der Waals surface area (Å²) in [5, 5.41) is 0.0477. The van der Waals surface area contributed by atoms with Gasteiger partial charge in [-0.2, -0.15) is 37.0 Å². The minimum atomic E-state index is -0.148. The van der Waals surface area contributed by atoms with Crippen LogP contribution in [0.3, 0.4) is 0 Å². The van der Waals surface area contributed by atoms with Gasteiger partial charge in [-0.25, -0.2) is 0 Å². The van der Waals surface area contributed by atoms with E-state index in [1.54, 1.807) is 11.8 Å². The van der Waals surface area contributed by atoms with E-state index < -0.39 is 0 Å². The van der Waals surface area contributed by atoms with Crippen molar-refractivity contribution in [3.05, 3.63) is 0 Å². The Morgan fingerprint density at radius 1 is 1.67 bits per heavy atom. The van der Waals surface area contributed by atoms with E-state index in [1.807, 2.05) is 6.26 Å². The van der Waals surface area contributed by atoms with Crippen molar-refractivity contribution in [1.29, 1.82) is 0 Å². The molecule has 0 aromatic rings. The fraction of sp³-hybridized carbons (Fsp3) is 0.857. The Morgan fingerprint density at radius 3 is 2.83 bits per heavy atom. The Labute approximate surface area is 88.6 Å². The first kappa shape index (κ1) is 12.5. The summed E-state index contributed by atoms with van der Waals surface area (Å²) in [6, 6.07) is 0. The van der Waals surface area contributed by atoms with E-state index in [0.717, 1.165) is 5.75 Å². The summed E-state index contributed by atoms with van der Waals surface area (Å²) in [4.78, 5) is 10.9. The average molecular weight is 226 g/mol. The van der Waals surface area contributed by atoms with Crippen molar-refractivity contribution in [2.45, 2.75) is 11.7 Å². The van der Waals surface area contributed by atoms with E-state index in [1.165, 1.54) is 0 Å². The van der Waals surface area contributed by atoms with Crippen LogP contribution in [0.5, 0.6) is 0 Å². The normalized spacial score (nSPS) is 12.6. The predicted octanol–water partition coefficient (Wildman–Crippen LogP) is 1.51. The Kier molecular flexibility index (Phi) is 8.49. The predicted molar refractivity (Wildman–Crippen MR) is 60.6 cm³/mol. The maximum Gasteiger partial charge on any atom is 0.306 e. The number of ether oxygens (including phenoxy) is 1. The molecule has 0 N–H and O–H groups in total. The number of hydrogen-bond donors (Lipinski definition) is 2. The molecule has 0 spiro atoms. The van der Waals surface area contributed by atoms with E-state index >= 15 is 0 Å². The number of thiol groups is 2. The monoisotopic (exact) mass is 226 g/mol. The maximum atomic E-state index is 10.9. The van der Waals surface area contributed by atoms with Gasteiger partial charge in [0.25, 0.3) is 0 Å². The summed E-state index contributed by atoms with van der Waals surface area (Å²) >= 11 is 9.79.